The Morgan fingerprint density at radius 3 is 2.64 bits per heavy atom. The Kier molecular flexibility index (Phi) is 8.29. The van der Waals surface area contributed by atoms with Gasteiger partial charge in [0.15, 0.2) is 0 Å². The van der Waals surface area contributed by atoms with E-state index in [4.69, 9.17) is 21.1 Å². The summed E-state index contributed by atoms with van der Waals surface area (Å²) in [5.41, 5.74) is -0.533. The normalized spacial score (nSPS) is 14.8. The van der Waals surface area contributed by atoms with Crippen LogP contribution in [0.3, 0.4) is 0 Å². The smallest absolute Gasteiger partial charge is 0.416 e. The maximum atomic E-state index is 13.6. The molecule has 0 radical (unpaired) electrons. The van der Waals surface area contributed by atoms with E-state index in [0.717, 1.165) is 37.0 Å². The summed E-state index contributed by atoms with van der Waals surface area (Å²) < 4.78 is 51.4. The van der Waals surface area contributed by atoms with Crippen molar-refractivity contribution in [2.45, 2.75) is 17.5 Å². The molecule has 11 heteroatoms. The van der Waals surface area contributed by atoms with E-state index in [1.54, 1.807) is 18.2 Å². The van der Waals surface area contributed by atoms with Crippen LogP contribution in [0.4, 0.5) is 13.2 Å². The molecule has 0 unspecified atom stereocenters. The molecule has 2 heterocycles. The highest BCUT2D eigenvalue weighted by Gasteiger charge is 2.31. The van der Waals surface area contributed by atoms with Crippen molar-refractivity contribution in [3.8, 4) is 16.9 Å². The molecule has 1 fully saturated rings. The topological polar surface area (TPSA) is 71.6 Å². The van der Waals surface area contributed by atoms with Crippen molar-refractivity contribution in [3.05, 3.63) is 57.3 Å². The van der Waals surface area contributed by atoms with Gasteiger partial charge in [-0.2, -0.15) is 13.2 Å². The minimum atomic E-state index is -4.58. The lowest BCUT2D eigenvalue weighted by atomic mass is 9.98. The zero-order valence-electron chi connectivity index (χ0n) is 19.4. The Morgan fingerprint density at radius 1 is 1.19 bits per heavy atom. The molecule has 6 nitrogen and oxygen atoms in total. The van der Waals surface area contributed by atoms with Crippen molar-refractivity contribution >= 4 is 40.0 Å². The number of carbonyl (C=O) groups is 1. The molecule has 0 saturated carbocycles. The number of thioether (sulfide) groups is 1. The number of rotatable bonds is 8. The Labute approximate surface area is 214 Å². The number of aromatic amines is 1. The van der Waals surface area contributed by atoms with E-state index in [1.807, 2.05) is 0 Å². The summed E-state index contributed by atoms with van der Waals surface area (Å²) in [6.07, 6.45) is -4.28. The van der Waals surface area contributed by atoms with E-state index in [0.29, 0.717) is 42.5 Å². The van der Waals surface area contributed by atoms with E-state index in [1.165, 1.54) is 13.2 Å². The van der Waals surface area contributed by atoms with E-state index in [9.17, 15) is 22.8 Å². The zero-order chi connectivity index (χ0) is 25.9. The number of alkyl halides is 3. The second-order valence-electron chi connectivity index (χ2n) is 8.29. The number of halogens is 4. The van der Waals surface area contributed by atoms with Crippen LogP contribution < -0.4 is 10.3 Å². The molecule has 1 saturated heterocycles. The number of H-pyrrole nitrogens is 1. The Bertz CT molecular complexity index is 1320. The van der Waals surface area contributed by atoms with Gasteiger partial charge in [0.1, 0.15) is 11.5 Å². The minimum Gasteiger partial charge on any atom is -0.496 e. The van der Waals surface area contributed by atoms with Crippen LogP contribution in [0.1, 0.15) is 12.0 Å². The lowest BCUT2D eigenvalue weighted by Gasteiger charge is -2.26. The van der Waals surface area contributed by atoms with Crippen LogP contribution in [0.25, 0.3) is 22.0 Å². The molecular formula is C25H24ClF3N2O4S. The standard InChI is InChI=1S/C25H24ClF3N2O4S/c1-34-21-5-3-16(26)13-19(21)22-18-12-15(25(27,28)29)2-4-20(18)30-24(33)23(22)36-14-17(32)6-7-31-8-10-35-11-9-31/h2-5,12-13H,6-11,14H2,1H3,(H,30,33). The van der Waals surface area contributed by atoms with Gasteiger partial charge in [-0.25, -0.2) is 0 Å². The summed E-state index contributed by atoms with van der Waals surface area (Å²) in [6, 6.07) is 7.84. The van der Waals surface area contributed by atoms with Gasteiger partial charge in [-0.05, 0) is 36.4 Å². The van der Waals surface area contributed by atoms with Gasteiger partial charge < -0.3 is 14.5 Å². The number of fused-ring (bicyclic) bond motifs is 1. The molecule has 1 aliphatic rings. The fourth-order valence-electron chi connectivity index (χ4n) is 4.06. The van der Waals surface area contributed by atoms with Crippen molar-refractivity contribution < 1.29 is 27.4 Å². The van der Waals surface area contributed by atoms with Gasteiger partial charge in [-0.15, -0.1) is 11.8 Å². The first-order chi connectivity index (χ1) is 17.2. The molecule has 0 atom stereocenters. The molecule has 2 aromatic carbocycles. The summed E-state index contributed by atoms with van der Waals surface area (Å²) in [6.45, 7) is 3.34. The number of pyridine rings is 1. The number of ether oxygens (including phenoxy) is 2. The van der Waals surface area contributed by atoms with Gasteiger partial charge >= 0.3 is 6.18 Å². The SMILES string of the molecule is COc1ccc(Cl)cc1-c1c(SCC(=O)CCN2CCOCC2)c(=O)[nH]c2ccc(C(F)(F)F)cc12. The van der Waals surface area contributed by atoms with Gasteiger partial charge in [0.05, 0.1) is 36.5 Å². The van der Waals surface area contributed by atoms with Crippen LogP contribution in [0.2, 0.25) is 5.02 Å². The molecule has 4 rings (SSSR count). The largest absolute Gasteiger partial charge is 0.496 e. The summed E-state index contributed by atoms with van der Waals surface area (Å²) in [7, 11) is 1.42. The number of morpholine rings is 1. The van der Waals surface area contributed by atoms with Crippen LogP contribution in [-0.4, -0.2) is 61.4 Å². The number of Topliss-reactive ketones (excluding diaryl/α,β-unsaturated/α-hetero) is 1. The Hall–Kier alpha value is -2.53. The average Bonchev–Trinajstić information content (AvgIpc) is 2.85. The Balaban J connectivity index is 1.75. The first-order valence-corrected chi connectivity index (χ1v) is 12.6. The molecule has 0 amide bonds. The summed E-state index contributed by atoms with van der Waals surface area (Å²) in [5, 5.41) is 0.497. The monoisotopic (exact) mass is 540 g/mol. The van der Waals surface area contributed by atoms with E-state index >= 15 is 0 Å². The lowest BCUT2D eigenvalue weighted by Crippen LogP contribution is -2.37. The number of methoxy groups -OCH3 is 1. The molecule has 0 aliphatic carbocycles. The van der Waals surface area contributed by atoms with Gasteiger partial charge in [-0.1, -0.05) is 11.6 Å². The third-order valence-electron chi connectivity index (χ3n) is 5.92. The van der Waals surface area contributed by atoms with E-state index in [2.05, 4.69) is 9.88 Å². The number of hydrogen-bond donors (Lipinski definition) is 1. The highest BCUT2D eigenvalue weighted by molar-refractivity contribution is 8.00. The fourth-order valence-corrected chi connectivity index (χ4v) is 5.23. The quantitative estimate of drug-likeness (QED) is 0.393. The van der Waals surface area contributed by atoms with Gasteiger partial charge in [0.2, 0.25) is 0 Å². The van der Waals surface area contributed by atoms with Crippen LogP contribution >= 0.6 is 23.4 Å². The highest BCUT2D eigenvalue weighted by Crippen LogP contribution is 2.42. The molecule has 0 spiro atoms. The number of nitrogens with zero attached hydrogens (tertiary/aromatic N) is 1. The molecule has 0 bridgehead atoms. The first kappa shape index (κ1) is 26.5. The molecule has 1 N–H and O–H groups in total. The minimum absolute atomic E-state index is 0.00618. The second kappa shape index (κ2) is 11.2. The van der Waals surface area contributed by atoms with E-state index < -0.39 is 17.3 Å². The fraction of sp³-hybridized carbons (Fsp3) is 0.360. The number of hydrogen-bond acceptors (Lipinski definition) is 6. The van der Waals surface area contributed by atoms with Crippen LogP contribution in [0, 0.1) is 0 Å². The number of ketones is 1. The zero-order valence-corrected chi connectivity index (χ0v) is 21.0. The highest BCUT2D eigenvalue weighted by atomic mass is 35.5. The summed E-state index contributed by atoms with van der Waals surface area (Å²) in [4.78, 5) is 30.7. The van der Waals surface area contributed by atoms with Crippen molar-refractivity contribution in [1.29, 1.82) is 0 Å². The maximum Gasteiger partial charge on any atom is 0.416 e. The number of aromatic nitrogens is 1. The number of benzene rings is 2. The predicted octanol–water partition coefficient (Wildman–Crippen LogP) is 5.26. The maximum absolute atomic E-state index is 13.6. The average molecular weight is 541 g/mol. The van der Waals surface area contributed by atoms with Crippen LogP contribution in [0.15, 0.2) is 46.1 Å². The van der Waals surface area contributed by atoms with Crippen molar-refractivity contribution in [2.24, 2.45) is 0 Å². The van der Waals surface area contributed by atoms with Gasteiger partial charge in [0, 0.05) is 53.1 Å². The predicted molar refractivity (Wildman–Crippen MR) is 134 cm³/mol. The van der Waals surface area contributed by atoms with Crippen molar-refractivity contribution in [3.63, 3.8) is 0 Å². The summed E-state index contributed by atoms with van der Waals surface area (Å²) >= 11 is 7.22. The third-order valence-corrected chi connectivity index (χ3v) is 7.30. The van der Waals surface area contributed by atoms with Crippen LogP contribution in [0.5, 0.6) is 5.75 Å². The lowest BCUT2D eigenvalue weighted by molar-refractivity contribution is -0.137. The van der Waals surface area contributed by atoms with Gasteiger partial charge in [-0.3, -0.25) is 14.5 Å². The van der Waals surface area contributed by atoms with Crippen molar-refractivity contribution in [2.75, 3.05) is 45.7 Å². The van der Waals surface area contributed by atoms with Crippen LogP contribution in [-0.2, 0) is 15.7 Å². The first-order valence-electron chi connectivity index (χ1n) is 11.2. The molecule has 36 heavy (non-hydrogen) atoms. The number of carbonyl (C=O) groups excluding carboxylic acids is 1. The van der Waals surface area contributed by atoms with Crippen molar-refractivity contribution in [1.82, 2.24) is 9.88 Å². The molecular weight excluding hydrogens is 517 g/mol. The summed E-state index contributed by atoms with van der Waals surface area (Å²) in [5.74, 6) is 0.261. The van der Waals surface area contributed by atoms with E-state index in [-0.39, 0.29) is 32.9 Å². The molecule has 192 valence electrons. The molecule has 3 aromatic rings. The van der Waals surface area contributed by atoms with Gasteiger partial charge in [0.25, 0.3) is 5.56 Å². The third kappa shape index (κ3) is 6.05. The second-order valence-corrected chi connectivity index (χ2v) is 9.71. The number of nitrogens with one attached hydrogen (secondary N) is 1. The Morgan fingerprint density at radius 2 is 1.94 bits per heavy atom. The molecule has 1 aliphatic heterocycles. The molecule has 1 aromatic heterocycles.